The van der Waals surface area contributed by atoms with E-state index in [-0.39, 0.29) is 23.9 Å². The normalized spacial score (nSPS) is 15.5. The lowest BCUT2D eigenvalue weighted by molar-refractivity contribution is 0.0697. The van der Waals surface area contributed by atoms with Crippen molar-refractivity contribution in [3.8, 4) is 0 Å². The van der Waals surface area contributed by atoms with Crippen molar-refractivity contribution >= 4 is 50.0 Å². The Morgan fingerprint density at radius 2 is 1.67 bits per heavy atom. The van der Waals surface area contributed by atoms with E-state index in [0.29, 0.717) is 34.4 Å². The molecule has 1 saturated heterocycles. The van der Waals surface area contributed by atoms with E-state index in [2.05, 4.69) is 4.98 Å². The number of benzene rings is 2. The van der Waals surface area contributed by atoms with E-state index in [0.717, 1.165) is 10.9 Å². The summed E-state index contributed by atoms with van der Waals surface area (Å²) in [7, 11) is -3.66. The Kier molecular flexibility index (Phi) is 5.72. The summed E-state index contributed by atoms with van der Waals surface area (Å²) in [6, 6.07) is 13.3. The van der Waals surface area contributed by atoms with Gasteiger partial charge in [-0.15, -0.1) is 0 Å². The summed E-state index contributed by atoms with van der Waals surface area (Å²) in [5.74, 6) is -0.165. The standard InChI is InChI=1S/C21H19Cl2N3O3S/c1-14-19(12-15-11-17(23)5-6-20(15)24-14)21(27)25-7-9-26(10-8-25)30(28,29)18-4-2-3-16(22)13-18/h2-6,11-13H,7-10H2,1H3. The third-order valence-electron chi connectivity index (χ3n) is 5.16. The molecule has 0 bridgehead atoms. The zero-order valence-corrected chi connectivity index (χ0v) is 18.5. The Morgan fingerprint density at radius 3 is 2.37 bits per heavy atom. The van der Waals surface area contributed by atoms with Gasteiger partial charge in [-0.2, -0.15) is 4.31 Å². The summed E-state index contributed by atoms with van der Waals surface area (Å²) in [6.07, 6.45) is 0. The molecule has 4 rings (SSSR count). The van der Waals surface area contributed by atoms with Crippen LogP contribution in [0.25, 0.3) is 10.9 Å². The molecule has 0 atom stereocenters. The third-order valence-corrected chi connectivity index (χ3v) is 7.52. The smallest absolute Gasteiger partial charge is 0.255 e. The van der Waals surface area contributed by atoms with E-state index < -0.39 is 10.0 Å². The third kappa shape index (κ3) is 4.03. The van der Waals surface area contributed by atoms with Crippen LogP contribution in [0.2, 0.25) is 10.0 Å². The fourth-order valence-electron chi connectivity index (χ4n) is 3.54. The summed E-state index contributed by atoms with van der Waals surface area (Å²) in [6.45, 7) is 2.82. The van der Waals surface area contributed by atoms with Gasteiger partial charge in [0.25, 0.3) is 5.91 Å². The van der Waals surface area contributed by atoms with Crippen LogP contribution in [0.3, 0.4) is 0 Å². The monoisotopic (exact) mass is 463 g/mol. The number of carbonyl (C=O) groups is 1. The molecule has 1 aliphatic heterocycles. The van der Waals surface area contributed by atoms with Crippen LogP contribution in [0, 0.1) is 6.92 Å². The van der Waals surface area contributed by atoms with Crippen LogP contribution in [0.4, 0.5) is 0 Å². The van der Waals surface area contributed by atoms with E-state index in [1.807, 2.05) is 6.07 Å². The molecule has 6 nitrogen and oxygen atoms in total. The second-order valence-electron chi connectivity index (χ2n) is 7.11. The van der Waals surface area contributed by atoms with E-state index in [1.165, 1.54) is 16.4 Å². The highest BCUT2D eigenvalue weighted by Crippen LogP contribution is 2.24. The van der Waals surface area contributed by atoms with Crippen molar-refractivity contribution in [2.75, 3.05) is 26.2 Å². The van der Waals surface area contributed by atoms with Crippen molar-refractivity contribution in [2.24, 2.45) is 0 Å². The average molecular weight is 464 g/mol. The molecular formula is C21H19Cl2N3O3S. The number of pyridine rings is 1. The van der Waals surface area contributed by atoms with Crippen LogP contribution in [0.5, 0.6) is 0 Å². The molecule has 2 aromatic carbocycles. The number of rotatable bonds is 3. The number of aryl methyl sites for hydroxylation is 1. The van der Waals surface area contributed by atoms with Crippen LogP contribution in [-0.2, 0) is 10.0 Å². The summed E-state index contributed by atoms with van der Waals surface area (Å²) in [5.41, 5.74) is 1.89. The molecule has 0 radical (unpaired) electrons. The lowest BCUT2D eigenvalue weighted by Gasteiger charge is -2.34. The van der Waals surface area contributed by atoms with Crippen LogP contribution in [-0.4, -0.2) is 54.7 Å². The summed E-state index contributed by atoms with van der Waals surface area (Å²) in [5, 5.41) is 1.73. The van der Waals surface area contributed by atoms with Gasteiger partial charge in [0.2, 0.25) is 10.0 Å². The first-order valence-electron chi connectivity index (χ1n) is 9.37. The van der Waals surface area contributed by atoms with E-state index in [4.69, 9.17) is 23.2 Å². The number of nitrogens with zero attached hydrogens (tertiary/aromatic N) is 3. The topological polar surface area (TPSA) is 70.6 Å². The van der Waals surface area contributed by atoms with Crippen LogP contribution >= 0.6 is 23.2 Å². The second kappa shape index (κ2) is 8.15. The van der Waals surface area contributed by atoms with Crippen LogP contribution in [0.15, 0.2) is 53.4 Å². The number of halogens is 2. The van der Waals surface area contributed by atoms with Gasteiger partial charge in [0.05, 0.1) is 21.7 Å². The highest BCUT2D eigenvalue weighted by Gasteiger charge is 2.31. The first-order chi connectivity index (χ1) is 14.3. The lowest BCUT2D eigenvalue weighted by atomic mass is 10.1. The minimum absolute atomic E-state index is 0.154. The first-order valence-corrected chi connectivity index (χ1v) is 11.6. The van der Waals surface area contributed by atoms with E-state index >= 15 is 0 Å². The van der Waals surface area contributed by atoms with Crippen LogP contribution in [0.1, 0.15) is 16.1 Å². The van der Waals surface area contributed by atoms with Crippen molar-refractivity contribution in [2.45, 2.75) is 11.8 Å². The molecule has 2 heterocycles. The maximum absolute atomic E-state index is 13.1. The molecule has 0 spiro atoms. The Hall–Kier alpha value is -2.19. The molecule has 156 valence electrons. The molecule has 1 aromatic heterocycles. The van der Waals surface area contributed by atoms with Crippen molar-refractivity contribution in [3.63, 3.8) is 0 Å². The number of sulfonamides is 1. The van der Waals surface area contributed by atoms with Gasteiger partial charge < -0.3 is 4.90 Å². The molecule has 30 heavy (non-hydrogen) atoms. The first kappa shape index (κ1) is 21.1. The molecule has 0 aliphatic carbocycles. The minimum Gasteiger partial charge on any atom is -0.336 e. The van der Waals surface area contributed by atoms with Crippen molar-refractivity contribution < 1.29 is 13.2 Å². The molecule has 1 aliphatic rings. The number of aromatic nitrogens is 1. The maximum atomic E-state index is 13.1. The van der Waals surface area contributed by atoms with Gasteiger partial charge in [-0.1, -0.05) is 29.3 Å². The summed E-state index contributed by atoms with van der Waals surface area (Å²) in [4.78, 5) is 19.4. The van der Waals surface area contributed by atoms with E-state index in [1.54, 1.807) is 42.2 Å². The van der Waals surface area contributed by atoms with Crippen molar-refractivity contribution in [3.05, 3.63) is 69.8 Å². The van der Waals surface area contributed by atoms with Gasteiger partial charge >= 0.3 is 0 Å². The maximum Gasteiger partial charge on any atom is 0.255 e. The quantitative estimate of drug-likeness (QED) is 0.588. The number of hydrogen-bond acceptors (Lipinski definition) is 4. The fourth-order valence-corrected chi connectivity index (χ4v) is 5.44. The van der Waals surface area contributed by atoms with Gasteiger partial charge in [0.1, 0.15) is 0 Å². The highest BCUT2D eigenvalue weighted by molar-refractivity contribution is 7.89. The zero-order chi connectivity index (χ0) is 21.5. The number of carbonyl (C=O) groups excluding carboxylic acids is 1. The number of fused-ring (bicyclic) bond motifs is 1. The van der Waals surface area contributed by atoms with Gasteiger partial charge in [-0.3, -0.25) is 9.78 Å². The molecule has 0 N–H and O–H groups in total. The molecule has 0 unspecified atom stereocenters. The number of hydrogen-bond donors (Lipinski definition) is 0. The average Bonchev–Trinajstić information content (AvgIpc) is 2.73. The Morgan fingerprint density at radius 1 is 0.967 bits per heavy atom. The van der Waals surface area contributed by atoms with Gasteiger partial charge in [-0.05, 0) is 49.4 Å². The molecule has 9 heteroatoms. The molecule has 0 saturated carbocycles. The SMILES string of the molecule is Cc1nc2ccc(Cl)cc2cc1C(=O)N1CCN(S(=O)(=O)c2cccc(Cl)c2)CC1. The van der Waals surface area contributed by atoms with Gasteiger partial charge in [-0.25, -0.2) is 8.42 Å². The second-order valence-corrected chi connectivity index (χ2v) is 9.92. The summed E-state index contributed by atoms with van der Waals surface area (Å²) >= 11 is 12.0. The van der Waals surface area contributed by atoms with Gasteiger partial charge in [0, 0.05) is 41.6 Å². The highest BCUT2D eigenvalue weighted by atomic mass is 35.5. The Balaban J connectivity index is 1.52. The van der Waals surface area contributed by atoms with Crippen LogP contribution < -0.4 is 0 Å². The molecule has 1 amide bonds. The molecule has 3 aromatic rings. The number of piperazine rings is 1. The minimum atomic E-state index is -3.66. The Labute approximate surface area is 185 Å². The Bertz CT molecular complexity index is 1240. The summed E-state index contributed by atoms with van der Waals surface area (Å²) < 4.78 is 27.1. The fraction of sp³-hybridized carbons (Fsp3) is 0.238. The molecular weight excluding hydrogens is 445 g/mol. The lowest BCUT2D eigenvalue weighted by Crippen LogP contribution is -2.50. The molecule has 1 fully saturated rings. The van der Waals surface area contributed by atoms with Gasteiger partial charge in [0.15, 0.2) is 0 Å². The van der Waals surface area contributed by atoms with Crippen molar-refractivity contribution in [1.29, 1.82) is 0 Å². The largest absolute Gasteiger partial charge is 0.336 e. The van der Waals surface area contributed by atoms with Crippen molar-refractivity contribution in [1.82, 2.24) is 14.2 Å². The predicted octanol–water partition coefficient (Wildman–Crippen LogP) is 4.00. The predicted molar refractivity (Wildman–Crippen MR) is 118 cm³/mol. The van der Waals surface area contributed by atoms with E-state index in [9.17, 15) is 13.2 Å². The number of amides is 1. The zero-order valence-electron chi connectivity index (χ0n) is 16.2.